The first kappa shape index (κ1) is 36.4. The summed E-state index contributed by atoms with van der Waals surface area (Å²) in [7, 11) is 0. The number of aromatic nitrogens is 1. The molecule has 0 atom stereocenters. The zero-order chi connectivity index (χ0) is 41.9. The molecule has 0 unspecified atom stereocenters. The zero-order valence-electron chi connectivity index (χ0n) is 34.1. The maximum Gasteiger partial charge on any atom is 0.157 e. The van der Waals surface area contributed by atoms with Crippen molar-refractivity contribution in [1.29, 1.82) is 0 Å². The number of aliphatic imine (C=N–C) groups is 2. The molecule has 0 fully saturated rings. The van der Waals surface area contributed by atoms with E-state index in [9.17, 15) is 0 Å². The second-order valence-corrected chi connectivity index (χ2v) is 15.9. The van der Waals surface area contributed by atoms with E-state index in [0.29, 0.717) is 18.2 Å². The molecular weight excluding hydrogens is 773 g/mol. The van der Waals surface area contributed by atoms with Gasteiger partial charge >= 0.3 is 0 Å². The predicted molar refractivity (Wildman–Crippen MR) is 260 cm³/mol. The van der Waals surface area contributed by atoms with Crippen molar-refractivity contribution in [3.63, 3.8) is 0 Å². The fourth-order valence-electron chi connectivity index (χ4n) is 9.20. The molecule has 0 saturated carbocycles. The maximum atomic E-state index is 7.07. The summed E-state index contributed by atoms with van der Waals surface area (Å²) in [5, 5.41) is 6.36. The first-order valence-electron chi connectivity index (χ1n) is 21.1. The van der Waals surface area contributed by atoms with Crippen LogP contribution in [0.5, 0.6) is 0 Å². The lowest BCUT2D eigenvalue weighted by atomic mass is 9.96. The normalized spacial score (nSPS) is 12.4. The number of nitrogens with two attached hydrogens (primary N) is 1. The van der Waals surface area contributed by atoms with Crippen LogP contribution in [0.1, 0.15) is 16.7 Å². The molecule has 3 aromatic heterocycles. The third-order valence-corrected chi connectivity index (χ3v) is 12.1. The topological polar surface area (TPSA) is 82.0 Å². The van der Waals surface area contributed by atoms with Gasteiger partial charge < -0.3 is 19.1 Å². The molecule has 0 bridgehead atoms. The van der Waals surface area contributed by atoms with Crippen molar-refractivity contribution in [2.45, 2.75) is 6.54 Å². The van der Waals surface area contributed by atoms with Gasteiger partial charge in [-0.15, -0.1) is 0 Å². The van der Waals surface area contributed by atoms with Crippen molar-refractivity contribution in [2.75, 3.05) is 0 Å². The number of hydrogen-bond donors (Lipinski definition) is 1. The van der Waals surface area contributed by atoms with Crippen LogP contribution >= 0.6 is 0 Å². The Labute approximate surface area is 362 Å². The Bertz CT molecular complexity index is 3730. The molecule has 0 radical (unpaired) electrons. The lowest BCUT2D eigenvalue weighted by molar-refractivity contribution is 0.668. The van der Waals surface area contributed by atoms with Gasteiger partial charge in [-0.2, -0.15) is 0 Å². The second kappa shape index (κ2) is 14.9. The largest absolute Gasteiger partial charge is 0.456 e. The van der Waals surface area contributed by atoms with E-state index >= 15 is 0 Å². The zero-order valence-corrected chi connectivity index (χ0v) is 34.1. The van der Waals surface area contributed by atoms with E-state index < -0.39 is 0 Å². The summed E-state index contributed by atoms with van der Waals surface area (Å²) in [6.07, 6.45) is 0. The first-order valence-corrected chi connectivity index (χ1v) is 21.1. The number of fused-ring (bicyclic) bond motifs is 9. The molecule has 0 amide bonds. The van der Waals surface area contributed by atoms with Crippen LogP contribution in [0.3, 0.4) is 0 Å². The van der Waals surface area contributed by atoms with Gasteiger partial charge in [-0.3, -0.25) is 4.99 Å². The third kappa shape index (κ3) is 6.27. The van der Waals surface area contributed by atoms with Crippen LogP contribution in [0.25, 0.3) is 93.6 Å². The fourth-order valence-corrected chi connectivity index (χ4v) is 9.20. The fraction of sp³-hybridized carbons (Fsp3) is 0.0175. The van der Waals surface area contributed by atoms with Gasteiger partial charge in [-0.1, -0.05) is 152 Å². The maximum absolute atomic E-state index is 7.07. The first-order chi connectivity index (χ1) is 31.1. The summed E-state index contributed by atoms with van der Waals surface area (Å²) in [5.74, 6) is 0.908. The third-order valence-electron chi connectivity index (χ3n) is 12.1. The Kier molecular flexibility index (Phi) is 8.61. The minimum atomic E-state index is 0.353. The Hall–Kier alpha value is -8.48. The molecule has 3 heterocycles. The van der Waals surface area contributed by atoms with E-state index in [1.54, 1.807) is 0 Å². The number of hydrogen-bond acceptors (Lipinski definition) is 3. The molecule has 298 valence electrons. The molecule has 12 aromatic rings. The minimum absolute atomic E-state index is 0.353. The highest BCUT2D eigenvalue weighted by atomic mass is 16.3. The van der Waals surface area contributed by atoms with E-state index in [1.165, 1.54) is 10.8 Å². The smallest absolute Gasteiger partial charge is 0.157 e. The lowest BCUT2D eigenvalue weighted by Crippen LogP contribution is -2.17. The predicted octanol–water partition coefficient (Wildman–Crippen LogP) is 14.3. The number of nitrogens with zero attached hydrogens (tertiary/aromatic N) is 3. The van der Waals surface area contributed by atoms with Crippen LogP contribution in [0.2, 0.25) is 0 Å². The monoisotopic (exact) mass is 810 g/mol. The summed E-state index contributed by atoms with van der Waals surface area (Å²) in [6, 6.07) is 71.2. The summed E-state index contributed by atoms with van der Waals surface area (Å²) in [4.78, 5) is 10.2. The van der Waals surface area contributed by atoms with Crippen LogP contribution in [-0.2, 0) is 6.54 Å². The van der Waals surface area contributed by atoms with Gasteiger partial charge in [0.15, 0.2) is 5.84 Å². The van der Waals surface area contributed by atoms with Crippen LogP contribution in [-0.4, -0.2) is 16.2 Å². The number of para-hydroxylation sites is 3. The van der Waals surface area contributed by atoms with Crippen molar-refractivity contribution < 1.29 is 8.83 Å². The van der Waals surface area contributed by atoms with Crippen molar-refractivity contribution >= 4 is 77.4 Å². The van der Waals surface area contributed by atoms with Crippen molar-refractivity contribution in [2.24, 2.45) is 15.7 Å². The van der Waals surface area contributed by atoms with Gasteiger partial charge in [-0.25, -0.2) is 4.99 Å². The summed E-state index contributed by atoms with van der Waals surface area (Å²) >= 11 is 0. The second-order valence-electron chi connectivity index (χ2n) is 15.9. The standard InChI is InChI=1S/C57H38N4O2/c58-56(60-57(38-18-5-2-6-19-38)59-35-36-15-13-20-39(31-36)37-16-3-1-4-17-37)45-24-14-28-52-55(45)47-32-40(29-30-51(47)62-52)46-33-41(34-53-54(46)44-23-9-12-27-50(44)63-53)61-48-25-10-7-21-42(48)43-22-8-11-26-49(43)61/h1-34H,35H2,(H2,58,59,60). The number of benzene rings is 9. The number of amidine groups is 2. The molecule has 0 aliphatic carbocycles. The molecule has 0 spiro atoms. The summed E-state index contributed by atoms with van der Waals surface area (Å²) < 4.78 is 15.5. The Morgan fingerprint density at radius 2 is 1.10 bits per heavy atom. The highest BCUT2D eigenvalue weighted by molar-refractivity contribution is 6.22. The molecular formula is C57H38N4O2. The van der Waals surface area contributed by atoms with Crippen molar-refractivity contribution in [3.8, 4) is 27.9 Å². The van der Waals surface area contributed by atoms with Gasteiger partial charge in [0.05, 0.1) is 23.3 Å². The Morgan fingerprint density at radius 3 is 1.89 bits per heavy atom. The average Bonchev–Trinajstić information content (AvgIpc) is 4.02. The summed E-state index contributed by atoms with van der Waals surface area (Å²) in [6.45, 7) is 0.439. The van der Waals surface area contributed by atoms with Crippen molar-refractivity contribution in [1.82, 2.24) is 4.57 Å². The van der Waals surface area contributed by atoms with Gasteiger partial charge in [-0.05, 0) is 76.3 Å². The van der Waals surface area contributed by atoms with E-state index in [1.807, 2.05) is 66.7 Å². The van der Waals surface area contributed by atoms with E-state index in [2.05, 4.69) is 144 Å². The number of furan rings is 2. The Balaban J connectivity index is 1.01. The van der Waals surface area contributed by atoms with Gasteiger partial charge in [0.25, 0.3) is 0 Å². The highest BCUT2D eigenvalue weighted by Gasteiger charge is 2.21. The lowest BCUT2D eigenvalue weighted by Gasteiger charge is -2.12. The van der Waals surface area contributed by atoms with Gasteiger partial charge in [0.2, 0.25) is 0 Å². The molecule has 2 N–H and O–H groups in total. The Morgan fingerprint density at radius 1 is 0.460 bits per heavy atom. The van der Waals surface area contributed by atoms with E-state index in [-0.39, 0.29) is 0 Å². The highest BCUT2D eigenvalue weighted by Crippen LogP contribution is 2.43. The van der Waals surface area contributed by atoms with Crippen molar-refractivity contribution in [3.05, 3.63) is 223 Å². The quantitative estimate of drug-likeness (QED) is 0.129. The average molecular weight is 811 g/mol. The van der Waals surface area contributed by atoms with Crippen LogP contribution in [0.15, 0.2) is 225 Å². The van der Waals surface area contributed by atoms with E-state index in [4.69, 9.17) is 24.6 Å². The van der Waals surface area contributed by atoms with E-state index in [0.717, 1.165) is 99.5 Å². The van der Waals surface area contributed by atoms with Gasteiger partial charge in [0.1, 0.15) is 28.2 Å². The minimum Gasteiger partial charge on any atom is -0.456 e. The van der Waals surface area contributed by atoms with Crippen LogP contribution in [0, 0.1) is 0 Å². The molecule has 0 saturated heterocycles. The molecule has 0 aliphatic heterocycles. The van der Waals surface area contributed by atoms with Crippen LogP contribution < -0.4 is 5.73 Å². The van der Waals surface area contributed by atoms with Gasteiger partial charge in [0, 0.05) is 49.5 Å². The number of rotatable bonds is 7. The molecule has 9 aromatic carbocycles. The molecule has 0 aliphatic rings. The molecule has 6 heteroatoms. The molecule has 12 rings (SSSR count). The van der Waals surface area contributed by atoms with Crippen LogP contribution in [0.4, 0.5) is 0 Å². The molecule has 63 heavy (non-hydrogen) atoms. The SMILES string of the molecule is NC(=NC(=NCc1cccc(-c2ccccc2)c1)c1ccccc1)c1cccc2oc3ccc(-c4cc(-n5c6ccccc6c6ccccc65)cc5oc6ccccc6c45)cc3c12. The summed E-state index contributed by atoms with van der Waals surface area (Å²) in [5.41, 5.74) is 20.6. The molecule has 6 nitrogen and oxygen atoms in total.